The van der Waals surface area contributed by atoms with Gasteiger partial charge < -0.3 is 14.4 Å². The number of carbonyl (C=O) groups excluding carboxylic acids is 1. The molecule has 4 aliphatic rings. The summed E-state index contributed by atoms with van der Waals surface area (Å²) in [5, 5.41) is 0. The molecule has 1 amide bonds. The Morgan fingerprint density at radius 1 is 1.22 bits per heavy atom. The van der Waals surface area contributed by atoms with Gasteiger partial charge in [-0.15, -0.1) is 0 Å². The number of amides is 1. The van der Waals surface area contributed by atoms with Crippen molar-refractivity contribution in [3.63, 3.8) is 0 Å². The molecule has 0 aromatic carbocycles. The van der Waals surface area contributed by atoms with E-state index in [0.717, 1.165) is 36.7 Å². The van der Waals surface area contributed by atoms with Crippen LogP contribution < -0.4 is 9.64 Å². The number of alkyl halides is 1. The molecule has 4 aliphatic heterocycles. The lowest BCUT2D eigenvalue weighted by atomic mass is 9.95. The largest absolute Gasteiger partial charge is 0.461 e. The molecule has 200 valence electrons. The van der Waals surface area contributed by atoms with Gasteiger partial charge >= 0.3 is 12.1 Å². The van der Waals surface area contributed by atoms with Crippen LogP contribution in [0.1, 0.15) is 52.9 Å². The molecule has 2 bridgehead atoms. The first-order valence-corrected chi connectivity index (χ1v) is 14.0. The molecule has 11 heteroatoms. The molecule has 2 unspecified atom stereocenters. The Morgan fingerprint density at radius 3 is 2.70 bits per heavy atom. The molecule has 2 aromatic rings. The SMILES string of the molecule is CC(C)(C)OC(=O)N1C2CCC1CN(c1nc(OC[C@@]34CCCN3C[C@H](F)C4)nc3cc(Br)cnc13)C2. The molecule has 37 heavy (non-hydrogen) atoms. The van der Waals surface area contributed by atoms with Crippen molar-refractivity contribution in [2.75, 3.05) is 37.7 Å². The van der Waals surface area contributed by atoms with E-state index >= 15 is 0 Å². The second-order valence-corrected chi connectivity index (χ2v) is 12.8. The number of anilines is 1. The minimum Gasteiger partial charge on any atom is -0.461 e. The lowest BCUT2D eigenvalue weighted by molar-refractivity contribution is 0.0122. The fourth-order valence-electron chi connectivity index (χ4n) is 6.58. The van der Waals surface area contributed by atoms with E-state index in [1.165, 1.54) is 0 Å². The Labute approximate surface area is 224 Å². The van der Waals surface area contributed by atoms with Gasteiger partial charge in [0.2, 0.25) is 0 Å². The summed E-state index contributed by atoms with van der Waals surface area (Å²) < 4.78 is 27.0. The van der Waals surface area contributed by atoms with Gasteiger partial charge in [-0.2, -0.15) is 9.97 Å². The molecule has 4 atom stereocenters. The molecule has 4 saturated heterocycles. The minimum atomic E-state index is -0.811. The molecule has 9 nitrogen and oxygen atoms in total. The number of rotatable bonds is 4. The number of carbonyl (C=O) groups is 1. The van der Waals surface area contributed by atoms with Crippen LogP contribution in [-0.2, 0) is 4.74 Å². The number of ether oxygens (including phenoxy) is 2. The molecule has 0 saturated carbocycles. The number of fused-ring (bicyclic) bond motifs is 4. The number of nitrogens with zero attached hydrogens (tertiary/aromatic N) is 6. The highest BCUT2D eigenvalue weighted by Gasteiger charge is 2.49. The number of pyridine rings is 1. The number of hydrogen-bond acceptors (Lipinski definition) is 8. The molecule has 2 aromatic heterocycles. The maximum atomic E-state index is 14.2. The Balaban J connectivity index is 1.27. The van der Waals surface area contributed by atoms with Gasteiger partial charge in [0.1, 0.15) is 23.9 Å². The zero-order chi connectivity index (χ0) is 25.9. The van der Waals surface area contributed by atoms with E-state index in [9.17, 15) is 9.18 Å². The second kappa shape index (κ2) is 9.18. The van der Waals surface area contributed by atoms with Crippen molar-refractivity contribution < 1.29 is 18.7 Å². The average Bonchev–Trinajstić information content (AvgIpc) is 3.43. The fourth-order valence-corrected chi connectivity index (χ4v) is 6.90. The summed E-state index contributed by atoms with van der Waals surface area (Å²) in [6.45, 7) is 8.73. The Morgan fingerprint density at radius 2 is 1.97 bits per heavy atom. The van der Waals surface area contributed by atoms with Crippen LogP contribution in [0.3, 0.4) is 0 Å². The van der Waals surface area contributed by atoms with Crippen molar-refractivity contribution in [2.45, 2.75) is 82.3 Å². The molecular weight excluding hydrogens is 543 g/mol. The quantitative estimate of drug-likeness (QED) is 0.531. The summed E-state index contributed by atoms with van der Waals surface area (Å²) >= 11 is 3.51. The van der Waals surface area contributed by atoms with Crippen LogP contribution in [0.2, 0.25) is 0 Å². The van der Waals surface area contributed by atoms with Crippen LogP contribution in [0.5, 0.6) is 6.01 Å². The van der Waals surface area contributed by atoms with Crippen molar-refractivity contribution in [3.8, 4) is 6.01 Å². The monoisotopic (exact) mass is 576 g/mol. The number of aromatic nitrogens is 3. The van der Waals surface area contributed by atoms with Crippen molar-refractivity contribution in [1.82, 2.24) is 24.8 Å². The standard InChI is InChI=1S/C26H34BrFN6O3/c1-25(2,3)37-24(35)34-18-5-6-19(34)14-32(13-18)22-21-20(9-16(27)11-29-21)30-23(31-22)36-15-26-7-4-8-33(26)12-17(28)10-26/h9,11,17-19H,4-8,10,12-15H2,1-3H3/t17-,18?,19?,26+/m1/s1. The van der Waals surface area contributed by atoms with Gasteiger partial charge in [0.05, 0.1) is 23.1 Å². The molecule has 4 fully saturated rings. The first-order chi connectivity index (χ1) is 17.6. The molecular formula is C26H34BrFN6O3. The Hall–Kier alpha value is -2.27. The van der Waals surface area contributed by atoms with Gasteiger partial charge in [0.15, 0.2) is 5.82 Å². The zero-order valence-electron chi connectivity index (χ0n) is 21.6. The third kappa shape index (κ3) is 4.73. The van der Waals surface area contributed by atoms with E-state index in [4.69, 9.17) is 14.5 Å². The molecule has 6 rings (SSSR count). The van der Waals surface area contributed by atoms with Gasteiger partial charge in [-0.05, 0) is 75.0 Å². The van der Waals surface area contributed by atoms with Crippen LogP contribution in [0.4, 0.5) is 15.0 Å². The highest BCUT2D eigenvalue weighted by atomic mass is 79.9. The summed E-state index contributed by atoms with van der Waals surface area (Å²) in [7, 11) is 0. The van der Waals surface area contributed by atoms with E-state index in [2.05, 4.69) is 35.7 Å². The van der Waals surface area contributed by atoms with E-state index in [-0.39, 0.29) is 29.7 Å². The maximum absolute atomic E-state index is 14.2. The Kier molecular flexibility index (Phi) is 6.21. The predicted octanol–water partition coefficient (Wildman–Crippen LogP) is 4.33. The van der Waals surface area contributed by atoms with Crippen LogP contribution in [-0.4, -0.2) is 93.0 Å². The van der Waals surface area contributed by atoms with Crippen LogP contribution in [0, 0.1) is 0 Å². The summed E-state index contributed by atoms with van der Waals surface area (Å²) in [5.74, 6) is 0.712. The normalized spacial score (nSPS) is 29.7. The van der Waals surface area contributed by atoms with Gasteiger partial charge in [0, 0.05) is 36.7 Å². The third-order valence-electron chi connectivity index (χ3n) is 8.08. The fraction of sp³-hybridized carbons (Fsp3) is 0.692. The molecule has 0 spiro atoms. The highest BCUT2D eigenvalue weighted by Crippen LogP contribution is 2.41. The van der Waals surface area contributed by atoms with Gasteiger partial charge in [0.25, 0.3) is 0 Å². The van der Waals surface area contributed by atoms with Gasteiger partial charge in [-0.3, -0.25) is 9.80 Å². The van der Waals surface area contributed by atoms with E-state index in [1.807, 2.05) is 31.7 Å². The minimum absolute atomic E-state index is 0.0457. The molecule has 6 heterocycles. The van der Waals surface area contributed by atoms with E-state index in [0.29, 0.717) is 49.5 Å². The maximum Gasteiger partial charge on any atom is 0.410 e. The number of piperazine rings is 1. The van der Waals surface area contributed by atoms with Gasteiger partial charge in [-0.25, -0.2) is 14.2 Å². The topological polar surface area (TPSA) is 83.9 Å². The zero-order valence-corrected chi connectivity index (χ0v) is 23.2. The molecule has 0 aliphatic carbocycles. The first-order valence-electron chi connectivity index (χ1n) is 13.2. The summed E-state index contributed by atoms with van der Waals surface area (Å²) in [5.41, 5.74) is 0.583. The summed E-state index contributed by atoms with van der Waals surface area (Å²) in [6, 6.07) is 2.29. The van der Waals surface area contributed by atoms with Crippen LogP contribution in [0.15, 0.2) is 16.7 Å². The van der Waals surface area contributed by atoms with Crippen molar-refractivity contribution >= 4 is 38.9 Å². The highest BCUT2D eigenvalue weighted by molar-refractivity contribution is 9.10. The smallest absolute Gasteiger partial charge is 0.410 e. The van der Waals surface area contributed by atoms with Crippen molar-refractivity contribution in [3.05, 3.63) is 16.7 Å². The molecule has 0 N–H and O–H groups in total. The predicted molar refractivity (Wildman–Crippen MR) is 141 cm³/mol. The van der Waals surface area contributed by atoms with Crippen molar-refractivity contribution in [2.24, 2.45) is 0 Å². The average molecular weight is 577 g/mol. The van der Waals surface area contributed by atoms with Crippen LogP contribution >= 0.6 is 15.9 Å². The van der Waals surface area contributed by atoms with E-state index in [1.54, 1.807) is 6.20 Å². The summed E-state index contributed by atoms with van der Waals surface area (Å²) in [4.78, 5) is 33.4. The second-order valence-electron chi connectivity index (χ2n) is 11.9. The lowest BCUT2D eigenvalue weighted by Crippen LogP contribution is -2.57. The first kappa shape index (κ1) is 25.0. The van der Waals surface area contributed by atoms with Crippen molar-refractivity contribution in [1.29, 1.82) is 0 Å². The number of halogens is 2. The lowest BCUT2D eigenvalue weighted by Gasteiger charge is -2.41. The summed E-state index contributed by atoms with van der Waals surface area (Å²) in [6.07, 6.45) is 5.02. The Bertz CT molecular complexity index is 1200. The number of hydrogen-bond donors (Lipinski definition) is 0. The van der Waals surface area contributed by atoms with Gasteiger partial charge in [-0.1, -0.05) is 0 Å². The third-order valence-corrected chi connectivity index (χ3v) is 8.51. The molecule has 0 radical (unpaired) electrons. The van der Waals surface area contributed by atoms with E-state index < -0.39 is 11.8 Å². The van der Waals surface area contributed by atoms with Crippen LogP contribution in [0.25, 0.3) is 11.0 Å².